The lowest BCUT2D eigenvalue weighted by Gasteiger charge is -2.11. The summed E-state index contributed by atoms with van der Waals surface area (Å²) in [5.74, 6) is 0. The van der Waals surface area contributed by atoms with Crippen LogP contribution in [0.1, 0.15) is 31.7 Å². The topological polar surface area (TPSA) is 12.9 Å². The van der Waals surface area contributed by atoms with Gasteiger partial charge in [0.1, 0.15) is 0 Å². The molecule has 22 heavy (non-hydrogen) atoms. The molecular formula is C20H20BrN. The Bertz CT molecular complexity index is 762. The number of rotatable bonds is 5. The van der Waals surface area contributed by atoms with Crippen molar-refractivity contribution in [3.63, 3.8) is 0 Å². The number of aromatic nitrogens is 1. The molecule has 1 heterocycles. The number of nitrogens with zero attached hydrogens (tertiary/aromatic N) is 1. The first kappa shape index (κ1) is 15.2. The third-order valence-electron chi connectivity index (χ3n) is 3.97. The fourth-order valence-electron chi connectivity index (χ4n) is 2.77. The van der Waals surface area contributed by atoms with Gasteiger partial charge in [-0.15, -0.1) is 0 Å². The Hall–Kier alpha value is -1.67. The van der Waals surface area contributed by atoms with Crippen molar-refractivity contribution in [2.45, 2.75) is 32.6 Å². The van der Waals surface area contributed by atoms with Crippen LogP contribution in [0.4, 0.5) is 0 Å². The summed E-state index contributed by atoms with van der Waals surface area (Å²) in [6, 6.07) is 19.1. The van der Waals surface area contributed by atoms with Crippen LogP contribution in [0.25, 0.3) is 22.2 Å². The highest BCUT2D eigenvalue weighted by Gasteiger charge is 2.09. The maximum Gasteiger partial charge on any atom is 0.0741 e. The summed E-state index contributed by atoms with van der Waals surface area (Å²) >= 11 is 3.51. The largest absolute Gasteiger partial charge is 0.248 e. The minimum atomic E-state index is 1.07. The van der Waals surface area contributed by atoms with Crippen LogP contribution in [0, 0.1) is 0 Å². The van der Waals surface area contributed by atoms with E-state index < -0.39 is 0 Å². The molecule has 0 aliphatic rings. The zero-order chi connectivity index (χ0) is 15.4. The van der Waals surface area contributed by atoms with Crippen LogP contribution in [0.5, 0.6) is 0 Å². The van der Waals surface area contributed by atoms with Crippen LogP contribution in [0.3, 0.4) is 0 Å². The molecule has 3 aromatic rings. The lowest BCUT2D eigenvalue weighted by Crippen LogP contribution is -1.95. The van der Waals surface area contributed by atoms with Crippen molar-refractivity contribution in [2.75, 3.05) is 0 Å². The van der Waals surface area contributed by atoms with Gasteiger partial charge in [0, 0.05) is 15.4 Å². The van der Waals surface area contributed by atoms with Crippen LogP contribution in [-0.2, 0) is 6.42 Å². The summed E-state index contributed by atoms with van der Waals surface area (Å²) in [7, 11) is 0. The lowest BCUT2D eigenvalue weighted by atomic mass is 9.99. The van der Waals surface area contributed by atoms with E-state index in [1.807, 2.05) is 0 Å². The summed E-state index contributed by atoms with van der Waals surface area (Å²) in [6.45, 7) is 2.24. The molecule has 0 saturated heterocycles. The van der Waals surface area contributed by atoms with Crippen molar-refractivity contribution in [3.8, 4) is 11.3 Å². The van der Waals surface area contributed by atoms with Crippen molar-refractivity contribution >= 4 is 26.8 Å². The van der Waals surface area contributed by atoms with Gasteiger partial charge in [0.25, 0.3) is 0 Å². The van der Waals surface area contributed by atoms with E-state index in [1.165, 1.54) is 35.8 Å². The molecule has 0 aliphatic carbocycles. The summed E-state index contributed by atoms with van der Waals surface area (Å²) in [5.41, 5.74) is 4.75. The number of aryl methyl sites for hydroxylation is 1. The van der Waals surface area contributed by atoms with Crippen molar-refractivity contribution in [1.29, 1.82) is 0 Å². The minimum absolute atomic E-state index is 1.07. The molecule has 0 spiro atoms. The van der Waals surface area contributed by atoms with Crippen molar-refractivity contribution in [3.05, 3.63) is 64.6 Å². The maximum atomic E-state index is 4.94. The van der Waals surface area contributed by atoms with Crippen LogP contribution in [0.15, 0.2) is 59.1 Å². The molecule has 2 aromatic carbocycles. The van der Waals surface area contributed by atoms with Gasteiger partial charge in [-0.1, -0.05) is 66.0 Å². The second-order valence-corrected chi connectivity index (χ2v) is 6.57. The fraction of sp³-hybridized carbons (Fsp3) is 0.250. The van der Waals surface area contributed by atoms with Gasteiger partial charge < -0.3 is 0 Å². The molecular weight excluding hydrogens is 334 g/mol. The molecule has 0 atom stereocenters. The second kappa shape index (κ2) is 7.06. The van der Waals surface area contributed by atoms with Crippen molar-refractivity contribution in [1.82, 2.24) is 4.98 Å². The number of hydrogen-bond donors (Lipinski definition) is 0. The van der Waals surface area contributed by atoms with Crippen molar-refractivity contribution < 1.29 is 0 Å². The van der Waals surface area contributed by atoms with Crippen LogP contribution < -0.4 is 0 Å². The first-order valence-corrected chi connectivity index (χ1v) is 8.72. The first-order chi connectivity index (χ1) is 10.8. The lowest BCUT2D eigenvalue weighted by molar-refractivity contribution is 0.717. The van der Waals surface area contributed by atoms with E-state index in [0.29, 0.717) is 0 Å². The molecule has 0 unspecified atom stereocenters. The highest BCUT2D eigenvalue weighted by atomic mass is 79.9. The molecule has 0 bridgehead atoms. The zero-order valence-corrected chi connectivity index (χ0v) is 14.4. The van der Waals surface area contributed by atoms with E-state index in [2.05, 4.69) is 77.5 Å². The maximum absolute atomic E-state index is 4.94. The Morgan fingerprint density at radius 1 is 0.955 bits per heavy atom. The molecule has 2 heteroatoms. The van der Waals surface area contributed by atoms with Gasteiger partial charge in [-0.25, -0.2) is 4.98 Å². The molecule has 0 N–H and O–H groups in total. The van der Waals surface area contributed by atoms with E-state index in [-0.39, 0.29) is 0 Å². The minimum Gasteiger partial charge on any atom is -0.248 e. The highest BCUT2D eigenvalue weighted by molar-refractivity contribution is 9.10. The van der Waals surface area contributed by atoms with Gasteiger partial charge >= 0.3 is 0 Å². The van der Waals surface area contributed by atoms with E-state index in [9.17, 15) is 0 Å². The molecule has 112 valence electrons. The van der Waals surface area contributed by atoms with Gasteiger partial charge in [-0.3, -0.25) is 0 Å². The average molecular weight is 354 g/mol. The monoisotopic (exact) mass is 353 g/mol. The Morgan fingerprint density at radius 2 is 1.73 bits per heavy atom. The number of benzene rings is 2. The van der Waals surface area contributed by atoms with Gasteiger partial charge in [-0.05, 0) is 42.7 Å². The molecule has 3 rings (SSSR count). The summed E-state index contributed by atoms with van der Waals surface area (Å²) in [5, 5.41) is 1.23. The first-order valence-electron chi connectivity index (χ1n) is 7.92. The third kappa shape index (κ3) is 3.38. The molecule has 0 saturated carbocycles. The molecule has 0 fully saturated rings. The highest BCUT2D eigenvalue weighted by Crippen LogP contribution is 2.28. The summed E-state index contributed by atoms with van der Waals surface area (Å²) in [6.07, 6.45) is 4.83. The van der Waals surface area contributed by atoms with Gasteiger partial charge in [0.15, 0.2) is 0 Å². The van der Waals surface area contributed by atoms with E-state index in [1.54, 1.807) is 0 Å². The second-order valence-electron chi connectivity index (χ2n) is 5.65. The number of unbranched alkanes of at least 4 members (excludes halogenated alkanes) is 2. The van der Waals surface area contributed by atoms with Crippen LogP contribution in [0.2, 0.25) is 0 Å². The number of fused-ring (bicyclic) bond motifs is 1. The molecule has 0 radical (unpaired) electrons. The Morgan fingerprint density at radius 3 is 2.50 bits per heavy atom. The zero-order valence-electron chi connectivity index (χ0n) is 12.8. The standard InChI is InChI=1S/C20H20BrN/c1-2-3-4-8-17-14-16-7-5-6-9-19(16)22-20(17)15-10-12-18(21)13-11-15/h5-7,9-14H,2-4,8H2,1H3. The Kier molecular flexibility index (Phi) is 4.89. The Labute approximate surface area is 140 Å². The van der Waals surface area contributed by atoms with Gasteiger partial charge in [0.05, 0.1) is 11.2 Å². The number of halogens is 1. The fourth-order valence-corrected chi connectivity index (χ4v) is 3.04. The third-order valence-corrected chi connectivity index (χ3v) is 4.50. The number of pyridine rings is 1. The van der Waals surface area contributed by atoms with E-state index in [0.717, 1.165) is 22.1 Å². The van der Waals surface area contributed by atoms with Crippen LogP contribution in [-0.4, -0.2) is 4.98 Å². The smallest absolute Gasteiger partial charge is 0.0741 e. The predicted molar refractivity (Wildman–Crippen MR) is 98.1 cm³/mol. The van der Waals surface area contributed by atoms with E-state index in [4.69, 9.17) is 4.98 Å². The summed E-state index contributed by atoms with van der Waals surface area (Å²) in [4.78, 5) is 4.94. The molecule has 1 nitrogen and oxygen atoms in total. The predicted octanol–water partition coefficient (Wildman–Crippen LogP) is 6.40. The molecule has 1 aromatic heterocycles. The number of hydrogen-bond acceptors (Lipinski definition) is 1. The quantitative estimate of drug-likeness (QED) is 0.483. The van der Waals surface area contributed by atoms with Gasteiger partial charge in [-0.2, -0.15) is 0 Å². The average Bonchev–Trinajstić information content (AvgIpc) is 2.55. The normalized spacial score (nSPS) is 11.0. The van der Waals surface area contributed by atoms with Crippen LogP contribution >= 0.6 is 15.9 Å². The van der Waals surface area contributed by atoms with Crippen molar-refractivity contribution in [2.24, 2.45) is 0 Å². The SMILES string of the molecule is CCCCCc1cc2ccccc2nc1-c1ccc(Br)cc1. The molecule has 0 aliphatic heterocycles. The molecule has 0 amide bonds. The Balaban J connectivity index is 2.07. The van der Waals surface area contributed by atoms with E-state index >= 15 is 0 Å². The summed E-state index contributed by atoms with van der Waals surface area (Å²) < 4.78 is 1.10. The van der Waals surface area contributed by atoms with Gasteiger partial charge in [0.2, 0.25) is 0 Å². The number of para-hydroxylation sites is 1.